The Kier molecular flexibility index (Phi) is 2.84. The maximum absolute atomic E-state index is 8.24. The van der Waals surface area contributed by atoms with Gasteiger partial charge in [0.25, 0.3) is 0 Å². The van der Waals surface area contributed by atoms with Crippen molar-refractivity contribution < 1.29 is 4.74 Å². The van der Waals surface area contributed by atoms with Gasteiger partial charge in [0.05, 0.1) is 6.54 Å². The maximum atomic E-state index is 8.24. The van der Waals surface area contributed by atoms with Crippen LogP contribution in [-0.4, -0.2) is 12.6 Å². The lowest BCUT2D eigenvalue weighted by Crippen LogP contribution is -2.16. The molecule has 0 saturated heterocycles. The number of hydrogen-bond acceptors (Lipinski definition) is 2. The van der Waals surface area contributed by atoms with E-state index in [0.717, 1.165) is 22.2 Å². The van der Waals surface area contributed by atoms with Crippen LogP contribution in [0.25, 0.3) is 10.4 Å². The second kappa shape index (κ2) is 4.13. The van der Waals surface area contributed by atoms with Crippen LogP contribution >= 0.6 is 15.9 Å². The molecule has 0 fully saturated rings. The fourth-order valence-electron chi connectivity index (χ4n) is 1.80. The molecule has 0 amide bonds. The molecular weight excluding hydrogens is 258 g/mol. The van der Waals surface area contributed by atoms with Crippen LogP contribution in [0.2, 0.25) is 0 Å². The van der Waals surface area contributed by atoms with E-state index in [4.69, 9.17) is 10.3 Å². The van der Waals surface area contributed by atoms with E-state index in [0.29, 0.717) is 6.54 Å². The highest BCUT2D eigenvalue weighted by Gasteiger charge is 2.23. The highest BCUT2D eigenvalue weighted by atomic mass is 79.9. The van der Waals surface area contributed by atoms with Crippen molar-refractivity contribution in [3.8, 4) is 5.75 Å². The second-order valence-electron chi connectivity index (χ2n) is 3.57. The molecule has 1 aliphatic rings. The minimum atomic E-state index is -0.0103. The molecule has 1 atom stereocenters. The molecule has 78 valence electrons. The molecule has 1 aromatic rings. The highest BCUT2D eigenvalue weighted by molar-refractivity contribution is 9.10. The molecule has 0 spiro atoms. The minimum absolute atomic E-state index is 0.0103. The molecule has 1 aromatic carbocycles. The topological polar surface area (TPSA) is 58.0 Å². The van der Waals surface area contributed by atoms with E-state index in [-0.39, 0.29) is 6.10 Å². The molecule has 0 saturated carbocycles. The molecule has 1 unspecified atom stereocenters. The van der Waals surface area contributed by atoms with E-state index in [1.54, 1.807) is 0 Å². The summed E-state index contributed by atoms with van der Waals surface area (Å²) in [6.07, 6.45) is 0.804. The van der Waals surface area contributed by atoms with E-state index in [1.165, 1.54) is 5.56 Å². The molecule has 15 heavy (non-hydrogen) atoms. The first-order valence-electron chi connectivity index (χ1n) is 4.67. The number of hydrogen-bond donors (Lipinski definition) is 0. The van der Waals surface area contributed by atoms with Crippen molar-refractivity contribution in [3.05, 3.63) is 38.2 Å². The Morgan fingerprint density at radius 3 is 3.20 bits per heavy atom. The van der Waals surface area contributed by atoms with Gasteiger partial charge in [0.2, 0.25) is 0 Å². The second-order valence-corrected chi connectivity index (χ2v) is 4.48. The van der Waals surface area contributed by atoms with E-state index >= 15 is 0 Å². The first-order valence-corrected chi connectivity index (χ1v) is 5.46. The summed E-state index contributed by atoms with van der Waals surface area (Å²) >= 11 is 3.45. The summed E-state index contributed by atoms with van der Waals surface area (Å²) in [5.74, 6) is 0.941. The zero-order valence-electron chi connectivity index (χ0n) is 8.27. The van der Waals surface area contributed by atoms with Crippen molar-refractivity contribution in [1.29, 1.82) is 0 Å². The van der Waals surface area contributed by atoms with Crippen molar-refractivity contribution in [3.63, 3.8) is 0 Å². The summed E-state index contributed by atoms with van der Waals surface area (Å²) < 4.78 is 6.77. The van der Waals surface area contributed by atoms with Gasteiger partial charge in [-0.25, -0.2) is 0 Å². The van der Waals surface area contributed by atoms with Crippen LogP contribution in [0.3, 0.4) is 0 Å². The van der Waals surface area contributed by atoms with Gasteiger partial charge < -0.3 is 4.74 Å². The Hall–Kier alpha value is -1.19. The summed E-state index contributed by atoms with van der Waals surface area (Å²) in [6, 6.07) is 4.08. The van der Waals surface area contributed by atoms with Crippen molar-refractivity contribution in [1.82, 2.24) is 0 Å². The summed E-state index contributed by atoms with van der Waals surface area (Å²) in [5, 5.41) is 3.53. The van der Waals surface area contributed by atoms with Crippen LogP contribution in [0.5, 0.6) is 5.75 Å². The predicted molar refractivity (Wildman–Crippen MR) is 61.0 cm³/mol. The molecule has 0 aliphatic carbocycles. The number of aryl methyl sites for hydroxylation is 1. The van der Waals surface area contributed by atoms with Crippen molar-refractivity contribution in [2.24, 2.45) is 5.11 Å². The summed E-state index contributed by atoms with van der Waals surface area (Å²) in [7, 11) is 0. The monoisotopic (exact) mass is 267 g/mol. The largest absolute Gasteiger partial charge is 0.489 e. The van der Waals surface area contributed by atoms with Crippen LogP contribution in [-0.2, 0) is 6.42 Å². The number of benzene rings is 1. The van der Waals surface area contributed by atoms with Crippen LogP contribution in [0.4, 0.5) is 0 Å². The maximum Gasteiger partial charge on any atom is 0.126 e. The fourth-order valence-corrected chi connectivity index (χ4v) is 2.42. The van der Waals surface area contributed by atoms with Crippen LogP contribution < -0.4 is 4.74 Å². The van der Waals surface area contributed by atoms with Crippen molar-refractivity contribution >= 4 is 15.9 Å². The third-order valence-corrected chi connectivity index (χ3v) is 2.85. The van der Waals surface area contributed by atoms with Gasteiger partial charge >= 0.3 is 0 Å². The molecule has 0 radical (unpaired) electrons. The molecule has 0 bridgehead atoms. The molecule has 1 heterocycles. The first kappa shape index (κ1) is 10.3. The minimum Gasteiger partial charge on any atom is -0.489 e. The zero-order valence-corrected chi connectivity index (χ0v) is 9.86. The number of halogens is 1. The molecule has 4 nitrogen and oxygen atoms in total. The lowest BCUT2D eigenvalue weighted by Gasteiger charge is -2.07. The Morgan fingerprint density at radius 1 is 1.67 bits per heavy atom. The summed E-state index contributed by atoms with van der Waals surface area (Å²) in [5.41, 5.74) is 10.5. The normalized spacial score (nSPS) is 17.9. The average Bonchev–Trinajstić information content (AvgIpc) is 2.57. The molecule has 5 heteroatoms. The number of rotatable bonds is 2. The van der Waals surface area contributed by atoms with Crippen molar-refractivity contribution in [2.45, 2.75) is 19.4 Å². The van der Waals surface area contributed by atoms with E-state index < -0.39 is 0 Å². The molecular formula is C10H10BrN3O. The smallest absolute Gasteiger partial charge is 0.126 e. The molecule has 0 N–H and O–H groups in total. The Bertz CT molecular complexity index is 441. The van der Waals surface area contributed by atoms with Gasteiger partial charge in [-0.05, 0) is 35.7 Å². The SMILES string of the molecule is Cc1cc(Br)cc2c1OC(CN=[N+]=[N-])C2. The van der Waals surface area contributed by atoms with Gasteiger partial charge in [-0.3, -0.25) is 0 Å². The fraction of sp³-hybridized carbons (Fsp3) is 0.400. The quantitative estimate of drug-likeness (QED) is 0.461. The highest BCUT2D eigenvalue weighted by Crippen LogP contribution is 2.34. The Labute approximate surface area is 96.0 Å². The average molecular weight is 268 g/mol. The van der Waals surface area contributed by atoms with E-state index in [2.05, 4.69) is 32.0 Å². The number of nitrogens with zero attached hydrogens (tertiary/aromatic N) is 3. The zero-order chi connectivity index (χ0) is 10.8. The van der Waals surface area contributed by atoms with Gasteiger partial charge in [0, 0.05) is 15.8 Å². The van der Waals surface area contributed by atoms with Crippen LogP contribution in [0.1, 0.15) is 11.1 Å². The first-order chi connectivity index (χ1) is 7.20. The van der Waals surface area contributed by atoms with Crippen LogP contribution in [0.15, 0.2) is 21.7 Å². The third-order valence-electron chi connectivity index (χ3n) is 2.40. The lowest BCUT2D eigenvalue weighted by atomic mass is 10.1. The van der Waals surface area contributed by atoms with Gasteiger partial charge in [0.15, 0.2) is 0 Å². The van der Waals surface area contributed by atoms with Gasteiger partial charge in [-0.2, -0.15) is 0 Å². The standard InChI is InChI=1S/C10H10BrN3O/c1-6-2-8(11)3-7-4-9(5-13-14-12)15-10(6)7/h2-3,9H,4-5H2,1H3. The van der Waals surface area contributed by atoms with Gasteiger partial charge in [-0.15, -0.1) is 0 Å². The van der Waals surface area contributed by atoms with E-state index in [1.807, 2.05) is 13.0 Å². The molecule has 1 aliphatic heterocycles. The number of azide groups is 1. The number of ether oxygens (including phenoxy) is 1. The molecule has 2 rings (SSSR count). The Morgan fingerprint density at radius 2 is 2.47 bits per heavy atom. The van der Waals surface area contributed by atoms with E-state index in [9.17, 15) is 0 Å². The van der Waals surface area contributed by atoms with Crippen molar-refractivity contribution in [2.75, 3.05) is 6.54 Å². The molecule has 0 aromatic heterocycles. The number of fused-ring (bicyclic) bond motifs is 1. The van der Waals surface area contributed by atoms with Gasteiger partial charge in [0.1, 0.15) is 11.9 Å². The van der Waals surface area contributed by atoms with Crippen LogP contribution in [0, 0.1) is 6.92 Å². The summed E-state index contributed by atoms with van der Waals surface area (Å²) in [6.45, 7) is 2.40. The van der Waals surface area contributed by atoms with Gasteiger partial charge in [-0.1, -0.05) is 21.0 Å². The third kappa shape index (κ3) is 2.08. The predicted octanol–water partition coefficient (Wildman–Crippen LogP) is 3.37. The Balaban J connectivity index is 2.23. The lowest BCUT2D eigenvalue weighted by molar-refractivity contribution is 0.240. The summed E-state index contributed by atoms with van der Waals surface area (Å²) in [4.78, 5) is 2.74.